The van der Waals surface area contributed by atoms with E-state index in [0.717, 1.165) is 42.7 Å². The molecule has 8 heteroatoms. The molecule has 1 fully saturated rings. The minimum atomic E-state index is -0.117. The smallest absolute Gasteiger partial charge is 0.252 e. The van der Waals surface area contributed by atoms with Gasteiger partial charge in [0.25, 0.3) is 5.91 Å². The molecule has 0 spiro atoms. The lowest BCUT2D eigenvalue weighted by Crippen LogP contribution is -2.42. The maximum absolute atomic E-state index is 12.4. The van der Waals surface area contributed by atoms with Crippen LogP contribution in [0.2, 0.25) is 10.0 Å². The quantitative estimate of drug-likeness (QED) is 0.577. The Morgan fingerprint density at radius 2 is 1.86 bits per heavy atom. The van der Waals surface area contributed by atoms with Gasteiger partial charge in [-0.15, -0.1) is 0 Å². The highest BCUT2D eigenvalue weighted by atomic mass is 79.9. The van der Waals surface area contributed by atoms with Crippen LogP contribution >= 0.6 is 39.1 Å². The molecule has 0 atom stereocenters. The van der Waals surface area contributed by atoms with E-state index in [1.165, 1.54) is 0 Å². The van der Waals surface area contributed by atoms with Crippen LogP contribution in [-0.4, -0.2) is 50.2 Å². The van der Waals surface area contributed by atoms with E-state index in [4.69, 9.17) is 32.7 Å². The predicted octanol–water partition coefficient (Wildman–Crippen LogP) is 5.04. The fraction of sp³-hybridized carbons (Fsp3) is 0.381. The second kappa shape index (κ2) is 10.5. The molecule has 0 bridgehead atoms. The van der Waals surface area contributed by atoms with Crippen molar-refractivity contribution in [3.63, 3.8) is 0 Å². The molecular formula is C21H23BrCl2N2O3. The lowest BCUT2D eigenvalue weighted by atomic mass is 10.1. The van der Waals surface area contributed by atoms with Crippen LogP contribution in [0.1, 0.15) is 23.2 Å². The number of ether oxygens (including phenoxy) is 2. The molecule has 1 aliphatic rings. The summed E-state index contributed by atoms with van der Waals surface area (Å²) in [5, 5.41) is 4.00. The Bertz CT molecular complexity index is 858. The van der Waals surface area contributed by atoms with E-state index in [9.17, 15) is 4.79 Å². The molecule has 5 nitrogen and oxygen atoms in total. The summed E-state index contributed by atoms with van der Waals surface area (Å²) in [5.74, 6) is 1.28. The van der Waals surface area contributed by atoms with Gasteiger partial charge in [0.1, 0.15) is 17.6 Å². The molecule has 156 valence electrons. The Balaban J connectivity index is 1.41. The van der Waals surface area contributed by atoms with Crippen LogP contribution in [0.3, 0.4) is 0 Å². The van der Waals surface area contributed by atoms with Crippen molar-refractivity contribution < 1.29 is 14.3 Å². The molecule has 3 rings (SSSR count). The molecule has 1 amide bonds. The van der Waals surface area contributed by atoms with Crippen molar-refractivity contribution >= 4 is 45.0 Å². The number of amides is 1. The number of carbonyl (C=O) groups is 1. The topological polar surface area (TPSA) is 50.8 Å². The highest BCUT2D eigenvalue weighted by molar-refractivity contribution is 9.10. The molecule has 0 saturated carbocycles. The molecule has 0 radical (unpaired) electrons. The monoisotopic (exact) mass is 500 g/mol. The van der Waals surface area contributed by atoms with Crippen LogP contribution in [0.15, 0.2) is 40.9 Å². The first kappa shape index (κ1) is 22.2. The zero-order chi connectivity index (χ0) is 20.8. The highest BCUT2D eigenvalue weighted by Gasteiger charge is 2.21. The fourth-order valence-electron chi connectivity index (χ4n) is 3.22. The lowest BCUT2D eigenvalue weighted by molar-refractivity contribution is 0.0905. The van der Waals surface area contributed by atoms with Crippen LogP contribution in [-0.2, 0) is 0 Å². The first-order valence-electron chi connectivity index (χ1n) is 9.42. The normalized spacial score (nSPS) is 15.2. The number of piperidine rings is 1. The fourth-order valence-corrected chi connectivity index (χ4v) is 3.94. The van der Waals surface area contributed by atoms with Crippen LogP contribution in [0.4, 0.5) is 0 Å². The third kappa shape index (κ3) is 6.25. The van der Waals surface area contributed by atoms with Crippen molar-refractivity contribution in [2.75, 3.05) is 33.3 Å². The molecular weight excluding hydrogens is 479 g/mol. The van der Waals surface area contributed by atoms with E-state index < -0.39 is 0 Å². The van der Waals surface area contributed by atoms with Gasteiger partial charge in [0.2, 0.25) is 0 Å². The number of rotatable bonds is 7. The molecule has 2 aromatic rings. The van der Waals surface area contributed by atoms with Gasteiger partial charge in [-0.2, -0.15) is 0 Å². The van der Waals surface area contributed by atoms with Crippen LogP contribution in [0, 0.1) is 0 Å². The number of nitrogens with zero attached hydrogens (tertiary/aromatic N) is 1. The van der Waals surface area contributed by atoms with E-state index in [0.29, 0.717) is 27.9 Å². The summed E-state index contributed by atoms with van der Waals surface area (Å²) in [5.41, 5.74) is 0.568. The Morgan fingerprint density at radius 3 is 2.55 bits per heavy atom. The summed E-state index contributed by atoms with van der Waals surface area (Å²) >= 11 is 15.4. The van der Waals surface area contributed by atoms with Gasteiger partial charge in [-0.05, 0) is 59.1 Å². The van der Waals surface area contributed by atoms with Gasteiger partial charge in [-0.1, -0.05) is 23.2 Å². The van der Waals surface area contributed by atoms with E-state index >= 15 is 0 Å². The number of hydrogen-bond acceptors (Lipinski definition) is 4. The number of benzene rings is 2. The number of methoxy groups -OCH3 is 1. The molecule has 2 aromatic carbocycles. The molecule has 1 saturated heterocycles. The Kier molecular flexibility index (Phi) is 8.07. The number of carbonyl (C=O) groups excluding carboxylic acids is 1. The first-order valence-corrected chi connectivity index (χ1v) is 11.0. The number of nitrogens with one attached hydrogen (secondary N) is 1. The molecule has 0 unspecified atom stereocenters. The summed E-state index contributed by atoms with van der Waals surface area (Å²) in [6, 6.07) is 10.7. The maximum Gasteiger partial charge on any atom is 0.252 e. The standard InChI is InChI=1S/C21H23BrCl2N2O3/c1-28-15-2-4-18(22)17(12-15)21(27)25-8-11-26-9-6-14(7-10-26)29-16-3-5-19(23)20(24)13-16/h2-5,12-14H,6-11H2,1H3,(H,25,27). The van der Waals surface area contributed by atoms with Crippen LogP contribution in [0.25, 0.3) is 0 Å². The van der Waals surface area contributed by atoms with Crippen molar-refractivity contribution in [1.29, 1.82) is 0 Å². The lowest BCUT2D eigenvalue weighted by Gasteiger charge is -2.32. The van der Waals surface area contributed by atoms with E-state index in [2.05, 4.69) is 26.1 Å². The molecule has 1 N–H and O–H groups in total. The zero-order valence-electron chi connectivity index (χ0n) is 16.1. The molecule has 1 aliphatic heterocycles. The molecule has 29 heavy (non-hydrogen) atoms. The van der Waals surface area contributed by atoms with E-state index in [1.807, 2.05) is 18.2 Å². The second-order valence-corrected chi connectivity index (χ2v) is 8.51. The second-order valence-electron chi connectivity index (χ2n) is 6.84. The summed E-state index contributed by atoms with van der Waals surface area (Å²) in [4.78, 5) is 14.8. The van der Waals surface area contributed by atoms with Crippen molar-refractivity contribution in [2.45, 2.75) is 18.9 Å². The number of hydrogen-bond donors (Lipinski definition) is 1. The first-order chi connectivity index (χ1) is 14.0. The summed E-state index contributed by atoms with van der Waals surface area (Å²) in [7, 11) is 1.58. The summed E-state index contributed by atoms with van der Waals surface area (Å²) in [6.07, 6.45) is 2.01. The van der Waals surface area contributed by atoms with Crippen LogP contribution < -0.4 is 14.8 Å². The van der Waals surface area contributed by atoms with Gasteiger partial charge in [0.15, 0.2) is 0 Å². The summed E-state index contributed by atoms with van der Waals surface area (Å²) in [6.45, 7) is 3.23. The van der Waals surface area contributed by atoms with Gasteiger partial charge in [-0.25, -0.2) is 0 Å². The van der Waals surface area contributed by atoms with E-state index in [-0.39, 0.29) is 12.0 Å². The highest BCUT2D eigenvalue weighted by Crippen LogP contribution is 2.28. The summed E-state index contributed by atoms with van der Waals surface area (Å²) < 4.78 is 12.0. The Labute approximate surface area is 189 Å². The minimum absolute atomic E-state index is 0.117. The molecule has 1 heterocycles. The average molecular weight is 502 g/mol. The predicted molar refractivity (Wildman–Crippen MR) is 120 cm³/mol. The van der Waals surface area contributed by atoms with Gasteiger partial charge < -0.3 is 19.7 Å². The average Bonchev–Trinajstić information content (AvgIpc) is 2.72. The van der Waals surface area contributed by atoms with Gasteiger partial charge in [-0.3, -0.25) is 4.79 Å². The third-order valence-electron chi connectivity index (χ3n) is 4.86. The molecule has 0 aliphatic carbocycles. The largest absolute Gasteiger partial charge is 0.497 e. The van der Waals surface area contributed by atoms with Gasteiger partial charge in [0.05, 0.1) is 22.7 Å². The molecule has 0 aromatic heterocycles. The third-order valence-corrected chi connectivity index (χ3v) is 6.29. The minimum Gasteiger partial charge on any atom is -0.497 e. The van der Waals surface area contributed by atoms with Crippen molar-refractivity contribution in [3.05, 3.63) is 56.5 Å². The van der Waals surface area contributed by atoms with Crippen molar-refractivity contribution in [3.8, 4) is 11.5 Å². The number of halogens is 3. The van der Waals surface area contributed by atoms with E-state index in [1.54, 1.807) is 25.3 Å². The van der Waals surface area contributed by atoms with Gasteiger partial charge >= 0.3 is 0 Å². The Morgan fingerprint density at radius 1 is 1.14 bits per heavy atom. The van der Waals surface area contributed by atoms with Gasteiger partial charge in [0, 0.05) is 36.7 Å². The number of likely N-dealkylation sites (tertiary alicyclic amines) is 1. The van der Waals surface area contributed by atoms with Crippen LogP contribution in [0.5, 0.6) is 11.5 Å². The zero-order valence-corrected chi connectivity index (χ0v) is 19.2. The van der Waals surface area contributed by atoms with Crippen molar-refractivity contribution in [1.82, 2.24) is 10.2 Å². The Hall–Kier alpha value is -1.47. The van der Waals surface area contributed by atoms with Crippen molar-refractivity contribution in [2.24, 2.45) is 0 Å². The SMILES string of the molecule is COc1ccc(Br)c(C(=O)NCCN2CCC(Oc3ccc(Cl)c(Cl)c3)CC2)c1. The maximum atomic E-state index is 12.4.